The van der Waals surface area contributed by atoms with Crippen molar-refractivity contribution in [3.05, 3.63) is 42.2 Å². The number of hydrogen-bond donors (Lipinski definition) is 1. The first-order valence-electron chi connectivity index (χ1n) is 6.97. The number of ether oxygens (including phenoxy) is 1. The van der Waals surface area contributed by atoms with Crippen LogP contribution in [0.4, 0.5) is 18.9 Å². The van der Waals surface area contributed by atoms with Crippen LogP contribution < -0.4 is 5.32 Å². The fourth-order valence-electron chi connectivity index (χ4n) is 2.04. The molecule has 0 aliphatic rings. The van der Waals surface area contributed by atoms with Crippen molar-refractivity contribution in [2.24, 2.45) is 0 Å². The molecule has 0 saturated carbocycles. The van der Waals surface area contributed by atoms with Crippen LogP contribution in [0.2, 0.25) is 0 Å². The average molecular weight is 327 g/mol. The van der Waals surface area contributed by atoms with E-state index in [4.69, 9.17) is 4.74 Å². The molecule has 1 unspecified atom stereocenters. The molecule has 0 aliphatic heterocycles. The van der Waals surface area contributed by atoms with Gasteiger partial charge in [-0.05, 0) is 26.0 Å². The molecule has 0 aliphatic carbocycles. The standard InChI is InChI=1S/C15H16F3N3O2/c1-3-23-10(2)14(22)20-12-9-19-21(13(12)15(16,17)18)11-7-5-4-6-8-11/h4-10H,3H2,1-2H3,(H,20,22). The molecule has 1 aromatic heterocycles. The summed E-state index contributed by atoms with van der Waals surface area (Å²) in [6.45, 7) is 3.44. The Morgan fingerprint density at radius 2 is 2.00 bits per heavy atom. The van der Waals surface area contributed by atoms with Crippen LogP contribution in [-0.2, 0) is 15.7 Å². The molecule has 8 heteroatoms. The monoisotopic (exact) mass is 327 g/mol. The number of nitrogens with one attached hydrogen (secondary N) is 1. The highest BCUT2D eigenvalue weighted by Gasteiger charge is 2.39. The minimum absolute atomic E-state index is 0.248. The lowest BCUT2D eigenvalue weighted by Gasteiger charge is -2.15. The molecule has 1 aromatic carbocycles. The zero-order chi connectivity index (χ0) is 17.0. The fourth-order valence-corrected chi connectivity index (χ4v) is 2.04. The summed E-state index contributed by atoms with van der Waals surface area (Å²) in [4.78, 5) is 11.9. The third-order valence-corrected chi connectivity index (χ3v) is 3.08. The normalized spacial score (nSPS) is 12.9. The minimum atomic E-state index is -4.68. The highest BCUT2D eigenvalue weighted by atomic mass is 19.4. The van der Waals surface area contributed by atoms with Gasteiger partial charge in [-0.3, -0.25) is 4.79 Å². The van der Waals surface area contributed by atoms with Crippen LogP contribution >= 0.6 is 0 Å². The largest absolute Gasteiger partial charge is 0.435 e. The summed E-state index contributed by atoms with van der Waals surface area (Å²) in [5, 5.41) is 5.98. The van der Waals surface area contributed by atoms with E-state index in [1.807, 2.05) is 0 Å². The number of rotatable bonds is 5. The number of nitrogens with zero attached hydrogens (tertiary/aromatic N) is 2. The molecule has 1 atom stereocenters. The maximum atomic E-state index is 13.4. The van der Waals surface area contributed by atoms with Gasteiger partial charge in [0, 0.05) is 6.61 Å². The van der Waals surface area contributed by atoms with E-state index >= 15 is 0 Å². The number of para-hydroxylation sites is 1. The Labute approximate surface area is 131 Å². The highest BCUT2D eigenvalue weighted by Crippen LogP contribution is 2.36. The Balaban J connectivity index is 2.38. The molecular formula is C15H16F3N3O2. The lowest BCUT2D eigenvalue weighted by atomic mass is 10.3. The SMILES string of the molecule is CCOC(C)C(=O)Nc1cnn(-c2ccccc2)c1C(F)(F)F. The van der Waals surface area contributed by atoms with E-state index in [0.717, 1.165) is 10.9 Å². The predicted octanol–water partition coefficient (Wildman–Crippen LogP) is 3.25. The van der Waals surface area contributed by atoms with Crippen LogP contribution in [0.5, 0.6) is 0 Å². The van der Waals surface area contributed by atoms with Gasteiger partial charge in [0.2, 0.25) is 0 Å². The second-order valence-electron chi connectivity index (χ2n) is 4.74. The maximum absolute atomic E-state index is 13.4. The van der Waals surface area contributed by atoms with Crippen molar-refractivity contribution in [3.8, 4) is 5.69 Å². The molecule has 2 aromatic rings. The van der Waals surface area contributed by atoms with Gasteiger partial charge in [-0.15, -0.1) is 0 Å². The second-order valence-corrected chi connectivity index (χ2v) is 4.74. The summed E-state index contributed by atoms with van der Waals surface area (Å²) in [5.74, 6) is -0.662. The first-order chi connectivity index (χ1) is 10.8. The summed E-state index contributed by atoms with van der Waals surface area (Å²) < 4.78 is 46.0. The number of halogens is 3. The van der Waals surface area contributed by atoms with E-state index in [1.165, 1.54) is 19.1 Å². The van der Waals surface area contributed by atoms with E-state index in [-0.39, 0.29) is 12.3 Å². The number of hydrogen-bond acceptors (Lipinski definition) is 3. The van der Waals surface area contributed by atoms with Crippen LogP contribution in [-0.4, -0.2) is 28.4 Å². The summed E-state index contributed by atoms with van der Waals surface area (Å²) in [6, 6.07) is 7.89. The molecule has 0 bridgehead atoms. The molecule has 0 fully saturated rings. The van der Waals surface area contributed by atoms with Crippen molar-refractivity contribution in [3.63, 3.8) is 0 Å². The van der Waals surface area contributed by atoms with Crippen molar-refractivity contribution in [1.29, 1.82) is 0 Å². The zero-order valence-corrected chi connectivity index (χ0v) is 12.6. The van der Waals surface area contributed by atoms with Crippen LogP contribution in [0, 0.1) is 0 Å². The molecule has 1 heterocycles. The average Bonchev–Trinajstić information content (AvgIpc) is 2.92. The fraction of sp³-hybridized carbons (Fsp3) is 0.333. The molecular weight excluding hydrogens is 311 g/mol. The summed E-state index contributed by atoms with van der Waals surface area (Å²) >= 11 is 0. The summed E-state index contributed by atoms with van der Waals surface area (Å²) in [6.07, 6.45) is -4.56. The third kappa shape index (κ3) is 3.89. The summed E-state index contributed by atoms with van der Waals surface area (Å²) in [5.41, 5.74) is -1.20. The van der Waals surface area contributed by atoms with Gasteiger partial charge in [0.1, 0.15) is 6.10 Å². The number of anilines is 1. The Hall–Kier alpha value is -2.35. The predicted molar refractivity (Wildman–Crippen MR) is 78.3 cm³/mol. The lowest BCUT2D eigenvalue weighted by Crippen LogP contribution is -2.28. The van der Waals surface area contributed by atoms with E-state index in [9.17, 15) is 18.0 Å². The van der Waals surface area contributed by atoms with Gasteiger partial charge < -0.3 is 10.1 Å². The Bertz CT molecular complexity index is 668. The van der Waals surface area contributed by atoms with Crippen LogP contribution in [0.15, 0.2) is 36.5 Å². The van der Waals surface area contributed by atoms with Gasteiger partial charge in [0.25, 0.3) is 5.91 Å². The minimum Gasteiger partial charge on any atom is -0.369 e. The van der Waals surface area contributed by atoms with Crippen molar-refractivity contribution in [2.75, 3.05) is 11.9 Å². The Morgan fingerprint density at radius 1 is 1.35 bits per heavy atom. The molecule has 23 heavy (non-hydrogen) atoms. The van der Waals surface area contributed by atoms with Gasteiger partial charge in [-0.1, -0.05) is 18.2 Å². The molecule has 0 saturated heterocycles. The second kappa shape index (κ2) is 6.82. The van der Waals surface area contributed by atoms with E-state index in [1.54, 1.807) is 25.1 Å². The van der Waals surface area contributed by atoms with Gasteiger partial charge >= 0.3 is 6.18 Å². The molecule has 0 spiro atoms. The van der Waals surface area contributed by atoms with Gasteiger partial charge in [0.15, 0.2) is 5.69 Å². The Morgan fingerprint density at radius 3 is 2.57 bits per heavy atom. The molecule has 124 valence electrons. The number of carbonyl (C=O) groups excluding carboxylic acids is 1. The third-order valence-electron chi connectivity index (χ3n) is 3.08. The van der Waals surface area contributed by atoms with Crippen molar-refractivity contribution >= 4 is 11.6 Å². The molecule has 0 radical (unpaired) electrons. The first-order valence-corrected chi connectivity index (χ1v) is 6.97. The smallest absolute Gasteiger partial charge is 0.369 e. The summed E-state index contributed by atoms with van der Waals surface area (Å²) in [7, 11) is 0. The van der Waals surface area contributed by atoms with Crippen LogP contribution in [0.3, 0.4) is 0 Å². The maximum Gasteiger partial charge on any atom is 0.435 e. The Kier molecular flexibility index (Phi) is 5.05. The number of benzene rings is 1. The number of carbonyl (C=O) groups is 1. The lowest BCUT2D eigenvalue weighted by molar-refractivity contribution is -0.142. The molecule has 1 amide bonds. The first kappa shape index (κ1) is 17.0. The molecule has 5 nitrogen and oxygen atoms in total. The quantitative estimate of drug-likeness (QED) is 0.917. The zero-order valence-electron chi connectivity index (χ0n) is 12.6. The topological polar surface area (TPSA) is 56.1 Å². The number of amides is 1. The van der Waals surface area contributed by atoms with E-state index in [0.29, 0.717) is 0 Å². The van der Waals surface area contributed by atoms with Gasteiger partial charge in [-0.25, -0.2) is 4.68 Å². The number of alkyl halides is 3. The molecule has 1 N–H and O–H groups in total. The van der Waals surface area contributed by atoms with Crippen molar-refractivity contribution in [1.82, 2.24) is 9.78 Å². The molecule has 2 rings (SSSR count). The van der Waals surface area contributed by atoms with Gasteiger partial charge in [-0.2, -0.15) is 18.3 Å². The van der Waals surface area contributed by atoms with Crippen LogP contribution in [0.1, 0.15) is 19.5 Å². The van der Waals surface area contributed by atoms with Crippen LogP contribution in [0.25, 0.3) is 5.69 Å². The van der Waals surface area contributed by atoms with Gasteiger partial charge in [0.05, 0.1) is 17.6 Å². The van der Waals surface area contributed by atoms with Crippen molar-refractivity contribution < 1.29 is 22.7 Å². The van der Waals surface area contributed by atoms with Crippen molar-refractivity contribution in [2.45, 2.75) is 26.1 Å². The van der Waals surface area contributed by atoms with E-state index in [2.05, 4.69) is 10.4 Å². The number of aromatic nitrogens is 2. The highest BCUT2D eigenvalue weighted by molar-refractivity contribution is 5.94. The van der Waals surface area contributed by atoms with E-state index < -0.39 is 29.6 Å².